The Bertz CT molecular complexity index is 1140. The largest absolute Gasteiger partial charge is 0.416 e. The number of hydrogen-bond acceptors (Lipinski definition) is 7. The molecule has 2 N–H and O–H groups in total. The van der Waals surface area contributed by atoms with Gasteiger partial charge in [-0.3, -0.25) is 0 Å². The van der Waals surface area contributed by atoms with Crippen LogP contribution in [0.25, 0.3) is 11.3 Å². The first-order valence-corrected chi connectivity index (χ1v) is 11.1. The van der Waals surface area contributed by atoms with Crippen molar-refractivity contribution in [1.82, 2.24) is 19.9 Å². The second kappa shape index (κ2) is 9.17. The van der Waals surface area contributed by atoms with Gasteiger partial charge in [0.15, 0.2) is 0 Å². The lowest BCUT2D eigenvalue weighted by Gasteiger charge is -2.33. The molecule has 4 rings (SSSR count). The highest BCUT2D eigenvalue weighted by Gasteiger charge is 2.30. The van der Waals surface area contributed by atoms with Crippen LogP contribution in [0.5, 0.6) is 0 Å². The Morgan fingerprint density at radius 1 is 1.00 bits per heavy atom. The zero-order valence-electron chi connectivity index (χ0n) is 19.3. The standard InChI is InChI=1S/C24H27F3N6O/c1-15-28-11-8-21(29-15)33-12-9-18(10-13-33)30-22-31-19(14-20(32-22)23(2,3)34)16-4-6-17(7-5-16)24(25,26)27/h4-8,11,14,18,34H,9-10,12-13H2,1-3H3,(H,30,31,32). The van der Waals surface area contributed by atoms with Crippen LogP contribution in [0.3, 0.4) is 0 Å². The molecule has 0 unspecified atom stereocenters. The smallest absolute Gasteiger partial charge is 0.384 e. The number of alkyl halides is 3. The van der Waals surface area contributed by atoms with Gasteiger partial charge in [0.2, 0.25) is 5.95 Å². The molecular weight excluding hydrogens is 445 g/mol. The van der Waals surface area contributed by atoms with Crippen LogP contribution in [0.1, 0.15) is 43.8 Å². The summed E-state index contributed by atoms with van der Waals surface area (Å²) in [6, 6.07) is 8.42. The minimum atomic E-state index is -4.41. The van der Waals surface area contributed by atoms with E-state index in [1.54, 1.807) is 26.1 Å². The van der Waals surface area contributed by atoms with Gasteiger partial charge >= 0.3 is 6.18 Å². The first-order chi connectivity index (χ1) is 16.0. The van der Waals surface area contributed by atoms with Crippen LogP contribution in [-0.2, 0) is 11.8 Å². The van der Waals surface area contributed by atoms with Gasteiger partial charge in [0.05, 0.1) is 17.0 Å². The van der Waals surface area contributed by atoms with Gasteiger partial charge in [0.25, 0.3) is 0 Å². The van der Waals surface area contributed by atoms with E-state index in [-0.39, 0.29) is 6.04 Å². The maximum Gasteiger partial charge on any atom is 0.416 e. The third-order valence-corrected chi connectivity index (χ3v) is 5.77. The van der Waals surface area contributed by atoms with Crippen LogP contribution in [0.2, 0.25) is 0 Å². The van der Waals surface area contributed by atoms with E-state index in [9.17, 15) is 18.3 Å². The molecule has 0 saturated carbocycles. The van der Waals surface area contributed by atoms with Crippen molar-refractivity contribution in [3.05, 3.63) is 59.7 Å². The van der Waals surface area contributed by atoms with Crippen LogP contribution >= 0.6 is 0 Å². The molecule has 10 heteroatoms. The fourth-order valence-electron chi connectivity index (χ4n) is 3.86. The molecular formula is C24H27F3N6O. The van der Waals surface area contributed by atoms with Crippen molar-refractivity contribution in [3.63, 3.8) is 0 Å². The van der Waals surface area contributed by atoms with Crippen LogP contribution in [0.4, 0.5) is 24.9 Å². The summed E-state index contributed by atoms with van der Waals surface area (Å²) in [7, 11) is 0. The summed E-state index contributed by atoms with van der Waals surface area (Å²) in [5, 5.41) is 13.9. The third kappa shape index (κ3) is 5.61. The number of anilines is 2. The zero-order chi connectivity index (χ0) is 24.5. The van der Waals surface area contributed by atoms with Gasteiger partial charge in [-0.25, -0.2) is 19.9 Å². The van der Waals surface area contributed by atoms with Gasteiger partial charge in [-0.05, 0) is 57.9 Å². The molecule has 1 aliphatic heterocycles. The zero-order valence-corrected chi connectivity index (χ0v) is 19.3. The molecule has 2 aromatic heterocycles. The summed E-state index contributed by atoms with van der Waals surface area (Å²) in [6.45, 7) is 6.67. The Morgan fingerprint density at radius 2 is 1.68 bits per heavy atom. The van der Waals surface area contributed by atoms with E-state index in [0.29, 0.717) is 22.9 Å². The van der Waals surface area contributed by atoms with Crippen LogP contribution < -0.4 is 10.2 Å². The van der Waals surface area contributed by atoms with Crippen molar-refractivity contribution in [1.29, 1.82) is 0 Å². The molecule has 1 aromatic carbocycles. The lowest BCUT2D eigenvalue weighted by atomic mass is 10.0. The van der Waals surface area contributed by atoms with Crippen LogP contribution in [0.15, 0.2) is 42.6 Å². The molecule has 3 heterocycles. The molecule has 3 aromatic rings. The normalized spacial score (nSPS) is 15.4. The predicted molar refractivity (Wildman–Crippen MR) is 123 cm³/mol. The van der Waals surface area contributed by atoms with Gasteiger partial charge in [-0.2, -0.15) is 13.2 Å². The Balaban J connectivity index is 1.53. The molecule has 180 valence electrons. The van der Waals surface area contributed by atoms with Crippen LogP contribution in [-0.4, -0.2) is 44.2 Å². The summed E-state index contributed by atoms with van der Waals surface area (Å²) in [6.07, 6.45) is -1.00. The molecule has 0 aliphatic carbocycles. The maximum absolute atomic E-state index is 12.9. The number of hydrogen-bond donors (Lipinski definition) is 2. The molecule has 0 atom stereocenters. The first-order valence-electron chi connectivity index (χ1n) is 11.1. The average Bonchev–Trinajstić information content (AvgIpc) is 2.78. The molecule has 0 spiro atoms. The Labute approximate surface area is 196 Å². The number of aromatic nitrogens is 4. The van der Waals surface area contributed by atoms with E-state index in [1.807, 2.05) is 13.0 Å². The molecule has 7 nitrogen and oxygen atoms in total. The number of halogens is 3. The number of aryl methyl sites for hydroxylation is 1. The van der Waals surface area contributed by atoms with Gasteiger partial charge in [-0.1, -0.05) is 12.1 Å². The van der Waals surface area contributed by atoms with E-state index in [1.165, 1.54) is 12.1 Å². The van der Waals surface area contributed by atoms with E-state index >= 15 is 0 Å². The summed E-state index contributed by atoms with van der Waals surface area (Å²) in [4.78, 5) is 19.9. The number of nitrogens with zero attached hydrogens (tertiary/aromatic N) is 5. The molecule has 0 amide bonds. The van der Waals surface area contributed by atoms with Crippen molar-refractivity contribution in [3.8, 4) is 11.3 Å². The lowest BCUT2D eigenvalue weighted by Crippen LogP contribution is -2.40. The summed E-state index contributed by atoms with van der Waals surface area (Å²) < 4.78 is 38.8. The molecule has 1 fully saturated rings. The van der Waals surface area contributed by atoms with Crippen molar-refractivity contribution in [2.45, 2.75) is 51.4 Å². The van der Waals surface area contributed by atoms with Gasteiger partial charge in [0.1, 0.15) is 17.2 Å². The molecule has 1 saturated heterocycles. The number of piperidine rings is 1. The minimum absolute atomic E-state index is 0.108. The highest BCUT2D eigenvalue weighted by atomic mass is 19.4. The summed E-state index contributed by atoms with van der Waals surface area (Å²) in [5.74, 6) is 1.96. The van der Waals surface area contributed by atoms with Crippen LogP contribution in [0, 0.1) is 6.92 Å². The lowest BCUT2D eigenvalue weighted by molar-refractivity contribution is -0.137. The quantitative estimate of drug-likeness (QED) is 0.563. The van der Waals surface area contributed by atoms with Gasteiger partial charge in [0, 0.05) is 30.9 Å². The Hall–Kier alpha value is -3.27. The molecule has 0 radical (unpaired) electrons. The molecule has 1 aliphatic rings. The first kappa shape index (κ1) is 23.9. The van der Waals surface area contributed by atoms with E-state index in [2.05, 4.69) is 30.2 Å². The minimum Gasteiger partial charge on any atom is -0.384 e. The van der Waals surface area contributed by atoms with Crippen molar-refractivity contribution in [2.24, 2.45) is 0 Å². The van der Waals surface area contributed by atoms with Crippen molar-refractivity contribution in [2.75, 3.05) is 23.3 Å². The number of rotatable bonds is 5. The van der Waals surface area contributed by atoms with E-state index in [4.69, 9.17) is 0 Å². The topological polar surface area (TPSA) is 87.1 Å². The van der Waals surface area contributed by atoms with Crippen molar-refractivity contribution >= 4 is 11.8 Å². The summed E-state index contributed by atoms with van der Waals surface area (Å²) >= 11 is 0. The monoisotopic (exact) mass is 472 g/mol. The molecule has 0 bridgehead atoms. The fourth-order valence-corrected chi connectivity index (χ4v) is 3.86. The Kier molecular flexibility index (Phi) is 6.44. The van der Waals surface area contributed by atoms with Crippen molar-refractivity contribution < 1.29 is 18.3 Å². The number of aliphatic hydroxyl groups is 1. The second-order valence-corrected chi connectivity index (χ2v) is 8.96. The van der Waals surface area contributed by atoms with E-state index < -0.39 is 17.3 Å². The third-order valence-electron chi connectivity index (χ3n) is 5.77. The molecule has 34 heavy (non-hydrogen) atoms. The van der Waals surface area contributed by atoms with E-state index in [0.717, 1.165) is 49.7 Å². The number of benzene rings is 1. The second-order valence-electron chi connectivity index (χ2n) is 8.96. The average molecular weight is 473 g/mol. The van der Waals surface area contributed by atoms with Gasteiger partial charge in [-0.15, -0.1) is 0 Å². The Morgan fingerprint density at radius 3 is 2.26 bits per heavy atom. The fraction of sp³-hybridized carbons (Fsp3) is 0.417. The van der Waals surface area contributed by atoms with Gasteiger partial charge < -0.3 is 15.3 Å². The SMILES string of the molecule is Cc1nccc(N2CCC(Nc3nc(-c4ccc(C(F)(F)F)cc4)cc(C(C)(C)O)n3)CC2)n1. The summed E-state index contributed by atoms with van der Waals surface area (Å²) in [5.41, 5.74) is -0.630. The maximum atomic E-state index is 12.9. The highest BCUT2D eigenvalue weighted by molar-refractivity contribution is 5.62. The highest BCUT2D eigenvalue weighted by Crippen LogP contribution is 2.32. The number of nitrogens with one attached hydrogen (secondary N) is 1. The predicted octanol–water partition coefficient (Wildman–Crippen LogP) is 4.57.